The zero-order chi connectivity index (χ0) is 20.7. The van der Waals surface area contributed by atoms with E-state index in [1.807, 2.05) is 67.6 Å². The number of nitrogens with one attached hydrogen (secondary N) is 1. The molecule has 1 N–H and O–H groups in total. The molecule has 0 bridgehead atoms. The molecule has 0 spiro atoms. The summed E-state index contributed by atoms with van der Waals surface area (Å²) in [5.41, 5.74) is 4.73. The van der Waals surface area contributed by atoms with Crippen LogP contribution in [0, 0.1) is 10.5 Å². The van der Waals surface area contributed by atoms with Crippen LogP contribution in [0.2, 0.25) is 0 Å². The van der Waals surface area contributed by atoms with Crippen molar-refractivity contribution in [1.82, 2.24) is 15.0 Å². The maximum atomic E-state index is 12.7. The highest BCUT2D eigenvalue weighted by Crippen LogP contribution is 2.25. The van der Waals surface area contributed by atoms with Gasteiger partial charge < -0.3 is 5.32 Å². The van der Waals surface area contributed by atoms with E-state index in [4.69, 9.17) is 0 Å². The van der Waals surface area contributed by atoms with Crippen LogP contribution in [0.15, 0.2) is 78.9 Å². The number of hydrogen-bond acceptors (Lipinski definition) is 3. The third kappa shape index (κ3) is 3.43. The van der Waals surface area contributed by atoms with Gasteiger partial charge in [-0.2, -0.15) is 0 Å². The molecule has 1 aromatic heterocycles. The average molecular weight is 504 g/mol. The van der Waals surface area contributed by atoms with E-state index >= 15 is 0 Å². The molecular formula is C24H17IN4O. The van der Waals surface area contributed by atoms with Gasteiger partial charge in [0.25, 0.3) is 5.91 Å². The Kier molecular flexibility index (Phi) is 4.71. The number of aromatic nitrogens is 3. The van der Waals surface area contributed by atoms with Crippen LogP contribution in [0.5, 0.6) is 0 Å². The van der Waals surface area contributed by atoms with E-state index in [1.54, 1.807) is 4.80 Å². The van der Waals surface area contributed by atoms with Crippen LogP contribution in [0.25, 0.3) is 27.5 Å². The quantitative estimate of drug-likeness (QED) is 0.319. The molecule has 0 saturated heterocycles. The second-order valence-electron chi connectivity index (χ2n) is 7.11. The van der Waals surface area contributed by atoms with Crippen LogP contribution in [-0.4, -0.2) is 20.9 Å². The molecule has 0 fully saturated rings. The molecule has 0 aliphatic rings. The van der Waals surface area contributed by atoms with E-state index in [1.165, 1.54) is 0 Å². The number of carbonyl (C=O) groups is 1. The number of carbonyl (C=O) groups excluding carboxylic acids is 1. The predicted molar refractivity (Wildman–Crippen MR) is 128 cm³/mol. The maximum Gasteiger partial charge on any atom is 0.255 e. The molecule has 0 aliphatic carbocycles. The Hall–Kier alpha value is -3.26. The van der Waals surface area contributed by atoms with Gasteiger partial charge in [-0.15, -0.1) is 15.0 Å². The Labute approximate surface area is 186 Å². The first-order valence-electron chi connectivity index (χ1n) is 9.51. The second-order valence-corrected chi connectivity index (χ2v) is 8.35. The van der Waals surface area contributed by atoms with Gasteiger partial charge in [-0.25, -0.2) is 0 Å². The Morgan fingerprint density at radius 3 is 2.47 bits per heavy atom. The molecule has 6 heteroatoms. The van der Waals surface area contributed by atoms with E-state index in [9.17, 15) is 4.79 Å². The third-order valence-corrected chi connectivity index (χ3v) is 5.71. The number of hydrogen-bond donors (Lipinski definition) is 1. The van der Waals surface area contributed by atoms with Crippen molar-refractivity contribution in [2.45, 2.75) is 6.92 Å². The molecule has 4 aromatic carbocycles. The topological polar surface area (TPSA) is 59.8 Å². The Morgan fingerprint density at radius 2 is 1.63 bits per heavy atom. The van der Waals surface area contributed by atoms with Crippen molar-refractivity contribution in [2.75, 3.05) is 5.32 Å². The molecule has 146 valence electrons. The van der Waals surface area contributed by atoms with Crippen molar-refractivity contribution < 1.29 is 4.79 Å². The fourth-order valence-electron chi connectivity index (χ4n) is 3.52. The first kappa shape index (κ1) is 18.7. The van der Waals surface area contributed by atoms with Gasteiger partial charge >= 0.3 is 0 Å². The zero-order valence-electron chi connectivity index (χ0n) is 16.1. The molecule has 0 unspecified atom stereocenters. The van der Waals surface area contributed by atoms with Crippen LogP contribution in [0.4, 0.5) is 5.69 Å². The highest BCUT2D eigenvalue weighted by Gasteiger charge is 2.13. The van der Waals surface area contributed by atoms with Crippen molar-refractivity contribution in [2.24, 2.45) is 0 Å². The average Bonchev–Trinajstić information content (AvgIpc) is 3.16. The molecule has 5 rings (SSSR count). The number of nitrogens with zero attached hydrogens (tertiary/aromatic N) is 3. The minimum Gasteiger partial charge on any atom is -0.322 e. The van der Waals surface area contributed by atoms with Crippen molar-refractivity contribution in [3.05, 3.63) is 93.6 Å². The van der Waals surface area contributed by atoms with Crippen molar-refractivity contribution >= 4 is 56.0 Å². The van der Waals surface area contributed by atoms with Gasteiger partial charge in [-0.3, -0.25) is 4.79 Å². The zero-order valence-corrected chi connectivity index (χ0v) is 18.3. The summed E-state index contributed by atoms with van der Waals surface area (Å²) < 4.78 is 1.02. The number of anilines is 1. The summed E-state index contributed by atoms with van der Waals surface area (Å²) in [5.74, 6) is -0.141. The van der Waals surface area contributed by atoms with Crippen molar-refractivity contribution in [3.8, 4) is 5.69 Å². The second kappa shape index (κ2) is 7.53. The van der Waals surface area contributed by atoms with Gasteiger partial charge in [0.15, 0.2) is 0 Å². The lowest BCUT2D eigenvalue weighted by molar-refractivity contribution is 0.102. The molecule has 0 atom stereocenters. The molecule has 0 radical (unpaired) electrons. The van der Waals surface area contributed by atoms with Gasteiger partial charge in [0.2, 0.25) is 0 Å². The van der Waals surface area contributed by atoms with E-state index < -0.39 is 0 Å². The van der Waals surface area contributed by atoms with Crippen LogP contribution < -0.4 is 5.32 Å². The lowest BCUT2D eigenvalue weighted by atomic mass is 10.1. The number of benzene rings is 4. The van der Waals surface area contributed by atoms with Gasteiger partial charge in [0.05, 0.1) is 5.69 Å². The lowest BCUT2D eigenvalue weighted by Gasteiger charge is -2.08. The Bertz CT molecular complexity index is 1420. The number of halogens is 1. The molecular weight excluding hydrogens is 487 g/mol. The molecule has 1 amide bonds. The fourth-order valence-corrected chi connectivity index (χ4v) is 4.06. The van der Waals surface area contributed by atoms with Gasteiger partial charge in [0.1, 0.15) is 11.0 Å². The van der Waals surface area contributed by atoms with Crippen LogP contribution in [-0.2, 0) is 0 Å². The van der Waals surface area contributed by atoms with Crippen LogP contribution >= 0.6 is 22.6 Å². The summed E-state index contributed by atoms with van der Waals surface area (Å²) in [6, 6.07) is 25.6. The first-order valence-corrected chi connectivity index (χ1v) is 10.6. The van der Waals surface area contributed by atoms with Crippen LogP contribution in [0.1, 0.15) is 15.9 Å². The van der Waals surface area contributed by atoms with Gasteiger partial charge in [-0.1, -0.05) is 42.5 Å². The van der Waals surface area contributed by atoms with E-state index in [2.05, 4.69) is 56.3 Å². The molecule has 0 saturated carbocycles. The highest BCUT2D eigenvalue weighted by molar-refractivity contribution is 14.1. The third-order valence-electron chi connectivity index (χ3n) is 5.04. The maximum absolute atomic E-state index is 12.7. The fraction of sp³-hybridized carbons (Fsp3) is 0.0417. The van der Waals surface area contributed by atoms with E-state index in [-0.39, 0.29) is 5.91 Å². The summed E-state index contributed by atoms with van der Waals surface area (Å²) >= 11 is 2.20. The largest absolute Gasteiger partial charge is 0.322 e. The Morgan fingerprint density at radius 1 is 0.900 bits per heavy atom. The monoisotopic (exact) mass is 504 g/mol. The van der Waals surface area contributed by atoms with Crippen molar-refractivity contribution in [1.29, 1.82) is 0 Å². The summed E-state index contributed by atoms with van der Waals surface area (Å²) in [5, 5.41) is 14.6. The number of rotatable bonds is 3. The number of amides is 1. The predicted octanol–water partition coefficient (Wildman–Crippen LogP) is 5.74. The normalized spacial score (nSPS) is 11.1. The number of fused-ring (bicyclic) bond motifs is 2. The van der Waals surface area contributed by atoms with E-state index in [0.717, 1.165) is 42.3 Å². The highest BCUT2D eigenvalue weighted by atomic mass is 127. The van der Waals surface area contributed by atoms with E-state index in [0.29, 0.717) is 5.56 Å². The minimum atomic E-state index is -0.141. The minimum absolute atomic E-state index is 0.141. The summed E-state index contributed by atoms with van der Waals surface area (Å²) in [6.07, 6.45) is 0. The Balaban J connectivity index is 1.54. The summed E-state index contributed by atoms with van der Waals surface area (Å²) in [7, 11) is 0. The molecule has 5 aromatic rings. The summed E-state index contributed by atoms with van der Waals surface area (Å²) in [4.78, 5) is 14.3. The molecule has 1 heterocycles. The van der Waals surface area contributed by atoms with Gasteiger partial charge in [-0.05, 0) is 76.9 Å². The van der Waals surface area contributed by atoms with Crippen molar-refractivity contribution in [3.63, 3.8) is 0 Å². The molecule has 5 nitrogen and oxygen atoms in total. The van der Waals surface area contributed by atoms with Gasteiger partial charge in [0, 0.05) is 20.2 Å². The molecule has 30 heavy (non-hydrogen) atoms. The smallest absolute Gasteiger partial charge is 0.255 e. The summed E-state index contributed by atoms with van der Waals surface area (Å²) in [6.45, 7) is 1.96. The molecule has 0 aliphatic heterocycles. The number of aryl methyl sites for hydroxylation is 1. The SMILES string of the molecule is Cc1cc2nn(-c3cccc4ccccc34)nc2cc1NC(=O)c1cccc(I)c1. The first-order chi connectivity index (χ1) is 14.6. The van der Waals surface area contributed by atoms with Crippen LogP contribution in [0.3, 0.4) is 0 Å². The standard InChI is InChI=1S/C24H17IN4O/c1-15-12-21-22(14-20(15)26-24(30)17-8-4-9-18(25)13-17)28-29(27-21)23-11-5-7-16-6-2-3-10-19(16)23/h2-14H,1H3,(H,26,30). The lowest BCUT2D eigenvalue weighted by Crippen LogP contribution is -2.12.